The molecular weight excluding hydrogens is 416 g/mol. The predicted octanol–water partition coefficient (Wildman–Crippen LogP) is 1.94. The van der Waals surface area contributed by atoms with Gasteiger partial charge in [-0.05, 0) is 30.3 Å². The number of anilines is 1. The van der Waals surface area contributed by atoms with E-state index < -0.39 is 22.4 Å². The SMILES string of the molecule is COc1ccc(F)cc1S(=O)(=O)N(C)CC(=O)N1CCN(c2ccccc2F)CC1. The van der Waals surface area contributed by atoms with Gasteiger partial charge < -0.3 is 14.5 Å². The van der Waals surface area contributed by atoms with E-state index in [2.05, 4.69) is 0 Å². The first-order valence-corrected chi connectivity index (χ1v) is 10.7. The van der Waals surface area contributed by atoms with E-state index >= 15 is 0 Å². The number of methoxy groups -OCH3 is 1. The molecule has 10 heteroatoms. The highest BCUT2D eigenvalue weighted by Gasteiger charge is 2.30. The molecule has 1 fully saturated rings. The fourth-order valence-corrected chi connectivity index (χ4v) is 4.58. The second-order valence-corrected chi connectivity index (χ2v) is 8.89. The molecule has 0 unspecified atom stereocenters. The summed E-state index contributed by atoms with van der Waals surface area (Å²) in [5, 5.41) is 0. The van der Waals surface area contributed by atoms with Crippen LogP contribution in [0.1, 0.15) is 0 Å². The minimum Gasteiger partial charge on any atom is -0.495 e. The van der Waals surface area contributed by atoms with E-state index in [9.17, 15) is 22.0 Å². The third-order valence-corrected chi connectivity index (χ3v) is 6.82. The van der Waals surface area contributed by atoms with Crippen LogP contribution in [0.5, 0.6) is 5.75 Å². The molecule has 0 aromatic heterocycles. The number of carbonyl (C=O) groups excluding carboxylic acids is 1. The average Bonchev–Trinajstić information content (AvgIpc) is 2.74. The molecule has 0 radical (unpaired) electrons. The van der Waals surface area contributed by atoms with Crippen molar-refractivity contribution in [1.29, 1.82) is 0 Å². The third kappa shape index (κ3) is 4.54. The molecule has 0 N–H and O–H groups in total. The van der Waals surface area contributed by atoms with Crippen molar-refractivity contribution in [1.82, 2.24) is 9.21 Å². The number of halogens is 2. The summed E-state index contributed by atoms with van der Waals surface area (Å²) in [7, 11) is -1.60. The van der Waals surface area contributed by atoms with Crippen molar-refractivity contribution < 1.29 is 26.7 Å². The summed E-state index contributed by atoms with van der Waals surface area (Å²) in [6.45, 7) is 1.14. The second-order valence-electron chi connectivity index (χ2n) is 6.88. The molecule has 1 saturated heterocycles. The van der Waals surface area contributed by atoms with Crippen LogP contribution in [0.4, 0.5) is 14.5 Å². The Morgan fingerprint density at radius 3 is 2.40 bits per heavy atom. The summed E-state index contributed by atoms with van der Waals surface area (Å²) >= 11 is 0. The molecule has 0 saturated carbocycles. The fourth-order valence-electron chi connectivity index (χ4n) is 3.30. The maximum absolute atomic E-state index is 14.0. The number of carbonyl (C=O) groups is 1. The topological polar surface area (TPSA) is 70.2 Å². The highest BCUT2D eigenvalue weighted by Crippen LogP contribution is 2.27. The Morgan fingerprint density at radius 1 is 1.10 bits per heavy atom. The Labute approximate surface area is 174 Å². The van der Waals surface area contributed by atoms with Gasteiger partial charge >= 0.3 is 0 Å². The van der Waals surface area contributed by atoms with Crippen LogP contribution in [0.2, 0.25) is 0 Å². The van der Waals surface area contributed by atoms with Gasteiger partial charge in [0.05, 0.1) is 19.3 Å². The zero-order valence-electron chi connectivity index (χ0n) is 16.7. The van der Waals surface area contributed by atoms with Crippen molar-refractivity contribution in [2.75, 3.05) is 51.8 Å². The van der Waals surface area contributed by atoms with Gasteiger partial charge in [0.2, 0.25) is 15.9 Å². The predicted molar refractivity (Wildman–Crippen MR) is 108 cm³/mol. The Bertz CT molecular complexity index is 1020. The zero-order valence-corrected chi connectivity index (χ0v) is 17.5. The molecule has 0 bridgehead atoms. The average molecular weight is 439 g/mol. The smallest absolute Gasteiger partial charge is 0.247 e. The maximum Gasteiger partial charge on any atom is 0.247 e. The Morgan fingerprint density at radius 2 is 1.77 bits per heavy atom. The lowest BCUT2D eigenvalue weighted by molar-refractivity contribution is -0.131. The van der Waals surface area contributed by atoms with Gasteiger partial charge in [0.25, 0.3) is 0 Å². The van der Waals surface area contributed by atoms with E-state index in [4.69, 9.17) is 4.74 Å². The highest BCUT2D eigenvalue weighted by molar-refractivity contribution is 7.89. The van der Waals surface area contributed by atoms with Crippen molar-refractivity contribution in [2.24, 2.45) is 0 Å². The van der Waals surface area contributed by atoms with Gasteiger partial charge in [-0.2, -0.15) is 4.31 Å². The van der Waals surface area contributed by atoms with Crippen molar-refractivity contribution >= 4 is 21.6 Å². The van der Waals surface area contributed by atoms with E-state index in [-0.39, 0.29) is 22.4 Å². The molecule has 1 aliphatic heterocycles. The maximum atomic E-state index is 14.0. The number of sulfonamides is 1. The zero-order chi connectivity index (χ0) is 21.9. The number of benzene rings is 2. The number of nitrogens with zero attached hydrogens (tertiary/aromatic N) is 3. The van der Waals surface area contributed by atoms with E-state index in [1.54, 1.807) is 18.2 Å². The molecule has 2 aromatic rings. The van der Waals surface area contributed by atoms with Crippen LogP contribution in [0, 0.1) is 11.6 Å². The van der Waals surface area contributed by atoms with Gasteiger partial charge in [0.15, 0.2) is 0 Å². The molecule has 2 aromatic carbocycles. The van der Waals surface area contributed by atoms with Crippen LogP contribution in [-0.2, 0) is 14.8 Å². The summed E-state index contributed by atoms with van der Waals surface area (Å²) < 4.78 is 59.1. The minimum atomic E-state index is -4.14. The van der Waals surface area contributed by atoms with Gasteiger partial charge in [-0.3, -0.25) is 4.79 Å². The lowest BCUT2D eigenvalue weighted by atomic mass is 10.2. The van der Waals surface area contributed by atoms with Crippen molar-refractivity contribution in [2.45, 2.75) is 4.90 Å². The molecule has 1 heterocycles. The van der Waals surface area contributed by atoms with E-state index in [0.29, 0.717) is 31.9 Å². The largest absolute Gasteiger partial charge is 0.495 e. The number of ether oxygens (including phenoxy) is 1. The summed E-state index contributed by atoms with van der Waals surface area (Å²) in [6.07, 6.45) is 0. The summed E-state index contributed by atoms with van der Waals surface area (Å²) in [5.74, 6) is -1.44. The first-order valence-electron chi connectivity index (χ1n) is 9.31. The van der Waals surface area contributed by atoms with Crippen LogP contribution in [0.3, 0.4) is 0 Å². The van der Waals surface area contributed by atoms with E-state index in [0.717, 1.165) is 16.4 Å². The van der Waals surface area contributed by atoms with Gasteiger partial charge in [-0.1, -0.05) is 12.1 Å². The number of para-hydroxylation sites is 1. The van der Waals surface area contributed by atoms with Gasteiger partial charge in [-0.15, -0.1) is 0 Å². The monoisotopic (exact) mass is 439 g/mol. The molecule has 162 valence electrons. The third-order valence-electron chi connectivity index (χ3n) is 5.00. The molecule has 0 atom stereocenters. The minimum absolute atomic E-state index is 0.00537. The molecular formula is C20H23F2N3O4S. The summed E-state index contributed by atoms with van der Waals surface area (Å²) in [6, 6.07) is 9.60. The van der Waals surface area contributed by atoms with Crippen LogP contribution in [0.15, 0.2) is 47.4 Å². The van der Waals surface area contributed by atoms with E-state index in [1.165, 1.54) is 31.2 Å². The molecule has 1 amide bonds. The van der Waals surface area contributed by atoms with Gasteiger partial charge in [0, 0.05) is 33.2 Å². The van der Waals surface area contributed by atoms with Crippen LogP contribution < -0.4 is 9.64 Å². The van der Waals surface area contributed by atoms with Crippen LogP contribution in [0.25, 0.3) is 0 Å². The lowest BCUT2D eigenvalue weighted by Gasteiger charge is -2.36. The van der Waals surface area contributed by atoms with Crippen molar-refractivity contribution in [3.8, 4) is 5.75 Å². The number of amides is 1. The summed E-state index contributed by atoms with van der Waals surface area (Å²) in [5.41, 5.74) is 0.475. The Balaban J connectivity index is 1.65. The first kappa shape index (κ1) is 22.0. The van der Waals surface area contributed by atoms with Gasteiger partial charge in [-0.25, -0.2) is 17.2 Å². The number of piperazine rings is 1. The number of hydrogen-bond donors (Lipinski definition) is 0. The first-order chi connectivity index (χ1) is 14.2. The van der Waals surface area contributed by atoms with Crippen LogP contribution >= 0.6 is 0 Å². The second kappa shape index (κ2) is 8.97. The standard InChI is InChI=1S/C20H23F2N3O4S/c1-23(30(27,28)19-13-15(21)7-8-18(19)29-2)14-20(26)25-11-9-24(10-12-25)17-6-4-3-5-16(17)22/h3-8,13H,9-12,14H2,1-2H3. The number of rotatable bonds is 6. The molecule has 1 aliphatic rings. The van der Waals surface area contributed by atoms with Crippen molar-refractivity contribution in [3.63, 3.8) is 0 Å². The number of hydrogen-bond acceptors (Lipinski definition) is 5. The molecule has 0 aliphatic carbocycles. The van der Waals surface area contributed by atoms with Crippen molar-refractivity contribution in [3.05, 3.63) is 54.1 Å². The quantitative estimate of drug-likeness (QED) is 0.688. The highest BCUT2D eigenvalue weighted by atomic mass is 32.2. The lowest BCUT2D eigenvalue weighted by Crippen LogP contribution is -2.51. The molecule has 3 rings (SSSR count). The normalized spacial score (nSPS) is 14.8. The van der Waals surface area contributed by atoms with E-state index in [1.807, 2.05) is 4.90 Å². The fraction of sp³-hybridized carbons (Fsp3) is 0.350. The Kier molecular flexibility index (Phi) is 6.57. The summed E-state index contributed by atoms with van der Waals surface area (Å²) in [4.78, 5) is 15.7. The van der Waals surface area contributed by atoms with Crippen LogP contribution in [-0.4, -0.2) is 70.4 Å². The molecule has 0 spiro atoms. The molecule has 30 heavy (non-hydrogen) atoms. The Hall–Kier alpha value is -2.72. The number of likely N-dealkylation sites (N-methyl/N-ethyl adjacent to an activating group) is 1. The molecule has 7 nitrogen and oxygen atoms in total. The van der Waals surface area contributed by atoms with Gasteiger partial charge in [0.1, 0.15) is 22.3 Å².